The molecule has 0 spiro atoms. The van der Waals surface area contributed by atoms with E-state index in [4.69, 9.17) is 9.84 Å². The van der Waals surface area contributed by atoms with Gasteiger partial charge in [0, 0.05) is 0 Å². The Hall–Kier alpha value is -0.360. The molecule has 0 aliphatic heterocycles. The molecule has 0 aliphatic rings. The average Bonchev–Trinajstić information content (AvgIpc) is 2.54. The highest BCUT2D eigenvalue weighted by Crippen LogP contribution is 2.35. The SMILES string of the molecule is CCCCC(C)C(C)CCC(C)OC(F)(F)C(C)C(F)C(F)C(C)O. The zero-order valence-corrected chi connectivity index (χ0v) is 16.4. The molecule has 7 unspecified atom stereocenters. The second-order valence-corrected chi connectivity index (χ2v) is 7.58. The number of alkyl halides is 4. The summed E-state index contributed by atoms with van der Waals surface area (Å²) in [6.07, 6.45) is -6.45. The van der Waals surface area contributed by atoms with Crippen molar-refractivity contribution in [2.75, 3.05) is 0 Å². The maximum Gasteiger partial charge on any atom is 0.361 e. The van der Waals surface area contributed by atoms with Gasteiger partial charge in [0.2, 0.25) is 0 Å². The van der Waals surface area contributed by atoms with Crippen molar-refractivity contribution in [3.63, 3.8) is 0 Å². The summed E-state index contributed by atoms with van der Waals surface area (Å²) in [5, 5.41) is 9.05. The van der Waals surface area contributed by atoms with E-state index in [2.05, 4.69) is 20.8 Å². The van der Waals surface area contributed by atoms with Gasteiger partial charge in [-0.15, -0.1) is 0 Å². The van der Waals surface area contributed by atoms with E-state index in [1.54, 1.807) is 0 Å². The van der Waals surface area contributed by atoms with Gasteiger partial charge in [-0.3, -0.25) is 0 Å². The third-order valence-corrected chi connectivity index (χ3v) is 5.14. The summed E-state index contributed by atoms with van der Waals surface area (Å²) in [6.45, 7) is 9.86. The van der Waals surface area contributed by atoms with Crippen molar-refractivity contribution in [1.29, 1.82) is 0 Å². The summed E-state index contributed by atoms with van der Waals surface area (Å²) >= 11 is 0. The van der Waals surface area contributed by atoms with Crippen LogP contribution in [0.5, 0.6) is 0 Å². The molecule has 0 heterocycles. The van der Waals surface area contributed by atoms with Gasteiger partial charge in [-0.2, -0.15) is 8.78 Å². The average molecular weight is 372 g/mol. The first-order valence-electron chi connectivity index (χ1n) is 9.45. The Bertz CT molecular complexity index is 352. The Kier molecular flexibility index (Phi) is 11.2. The number of hydrogen-bond donors (Lipinski definition) is 1. The van der Waals surface area contributed by atoms with E-state index in [1.165, 1.54) is 6.92 Å². The van der Waals surface area contributed by atoms with Crippen molar-refractivity contribution in [2.24, 2.45) is 17.8 Å². The zero-order chi connectivity index (χ0) is 19.8. The Labute approximate surface area is 150 Å². The molecule has 0 aromatic carbocycles. The van der Waals surface area contributed by atoms with Gasteiger partial charge in [0.1, 0.15) is 6.17 Å². The third kappa shape index (κ3) is 8.72. The van der Waals surface area contributed by atoms with Gasteiger partial charge >= 0.3 is 6.11 Å². The van der Waals surface area contributed by atoms with Gasteiger partial charge in [0.15, 0.2) is 6.17 Å². The number of aliphatic hydroxyl groups is 1. The lowest BCUT2D eigenvalue weighted by atomic mass is 9.87. The molecule has 6 heteroatoms. The van der Waals surface area contributed by atoms with Gasteiger partial charge in [-0.1, -0.05) is 47.0 Å². The van der Waals surface area contributed by atoms with Crippen molar-refractivity contribution < 1.29 is 27.4 Å². The van der Waals surface area contributed by atoms with Crippen LogP contribution in [0.25, 0.3) is 0 Å². The van der Waals surface area contributed by atoms with E-state index in [0.717, 1.165) is 39.5 Å². The topological polar surface area (TPSA) is 29.5 Å². The predicted octanol–water partition coefficient (Wildman–Crippen LogP) is 5.92. The molecule has 7 atom stereocenters. The lowest BCUT2D eigenvalue weighted by Crippen LogP contribution is -2.44. The van der Waals surface area contributed by atoms with Gasteiger partial charge in [-0.05, 0) is 38.5 Å². The smallest absolute Gasteiger partial charge is 0.361 e. The molecule has 2 nitrogen and oxygen atoms in total. The minimum atomic E-state index is -3.78. The summed E-state index contributed by atoms with van der Waals surface area (Å²) in [4.78, 5) is 0. The first-order chi connectivity index (χ1) is 11.4. The molecule has 0 aliphatic carbocycles. The monoisotopic (exact) mass is 372 g/mol. The number of halogens is 4. The van der Waals surface area contributed by atoms with E-state index in [1.807, 2.05) is 0 Å². The molecule has 0 radical (unpaired) electrons. The molecule has 25 heavy (non-hydrogen) atoms. The van der Waals surface area contributed by atoms with Crippen LogP contribution in [0.1, 0.15) is 73.6 Å². The van der Waals surface area contributed by atoms with E-state index < -0.39 is 36.6 Å². The van der Waals surface area contributed by atoms with Gasteiger partial charge in [-0.25, -0.2) is 8.78 Å². The third-order valence-electron chi connectivity index (χ3n) is 5.14. The highest BCUT2D eigenvalue weighted by molar-refractivity contribution is 4.82. The lowest BCUT2D eigenvalue weighted by Gasteiger charge is -2.31. The van der Waals surface area contributed by atoms with E-state index in [0.29, 0.717) is 18.3 Å². The van der Waals surface area contributed by atoms with Crippen LogP contribution >= 0.6 is 0 Å². The van der Waals surface area contributed by atoms with Crippen molar-refractivity contribution in [3.05, 3.63) is 0 Å². The quantitative estimate of drug-likeness (QED) is 0.407. The van der Waals surface area contributed by atoms with Crippen LogP contribution in [0.2, 0.25) is 0 Å². The zero-order valence-electron chi connectivity index (χ0n) is 16.4. The maximum absolute atomic E-state index is 14.1. The van der Waals surface area contributed by atoms with Crippen molar-refractivity contribution >= 4 is 0 Å². The molecule has 0 saturated carbocycles. The van der Waals surface area contributed by atoms with Crippen LogP contribution in [-0.4, -0.2) is 35.8 Å². The summed E-state index contributed by atoms with van der Waals surface area (Å²) in [5.74, 6) is -1.07. The van der Waals surface area contributed by atoms with E-state index >= 15 is 0 Å². The molecule has 0 fully saturated rings. The minimum Gasteiger partial charge on any atom is -0.390 e. The maximum atomic E-state index is 14.1. The number of rotatable bonds is 13. The molecule has 0 rings (SSSR count). The van der Waals surface area contributed by atoms with Crippen LogP contribution in [0, 0.1) is 17.8 Å². The normalized spacial score (nSPS) is 21.2. The Balaban J connectivity index is 4.48. The van der Waals surface area contributed by atoms with E-state index in [-0.39, 0.29) is 0 Å². The summed E-state index contributed by atoms with van der Waals surface area (Å²) in [7, 11) is 0. The number of aliphatic hydroxyl groups excluding tert-OH is 1. The molecule has 152 valence electrons. The van der Waals surface area contributed by atoms with Crippen molar-refractivity contribution in [3.8, 4) is 0 Å². The fourth-order valence-corrected chi connectivity index (χ4v) is 2.75. The first kappa shape index (κ1) is 24.6. The predicted molar refractivity (Wildman–Crippen MR) is 93.2 cm³/mol. The van der Waals surface area contributed by atoms with Crippen molar-refractivity contribution in [2.45, 2.75) is 104 Å². The Morgan fingerprint density at radius 1 is 0.880 bits per heavy atom. The van der Waals surface area contributed by atoms with Gasteiger partial charge in [0.25, 0.3) is 0 Å². The van der Waals surface area contributed by atoms with Crippen LogP contribution in [0.15, 0.2) is 0 Å². The molecule has 1 N–H and O–H groups in total. The van der Waals surface area contributed by atoms with Crippen molar-refractivity contribution in [1.82, 2.24) is 0 Å². The second kappa shape index (κ2) is 11.4. The lowest BCUT2D eigenvalue weighted by molar-refractivity contribution is -0.300. The highest BCUT2D eigenvalue weighted by atomic mass is 19.3. The fraction of sp³-hybridized carbons (Fsp3) is 1.00. The minimum absolute atomic E-state index is 0.392. The molecule has 0 amide bonds. The van der Waals surface area contributed by atoms with Gasteiger partial charge in [0.05, 0.1) is 18.1 Å². The Morgan fingerprint density at radius 2 is 1.40 bits per heavy atom. The highest BCUT2D eigenvalue weighted by Gasteiger charge is 2.47. The van der Waals surface area contributed by atoms with Crippen LogP contribution in [0.3, 0.4) is 0 Å². The standard InChI is InChI=1S/C19H36F4O2/c1-7-8-9-12(2)13(3)10-11-14(4)25-19(22,23)15(5)17(20)18(21)16(6)24/h12-18,24H,7-11H2,1-6H3. The molecule has 0 aromatic rings. The second-order valence-electron chi connectivity index (χ2n) is 7.58. The summed E-state index contributed by atoms with van der Waals surface area (Å²) < 4.78 is 60.2. The fourth-order valence-electron chi connectivity index (χ4n) is 2.75. The summed E-state index contributed by atoms with van der Waals surface area (Å²) in [6, 6.07) is 0. The molecule has 0 bridgehead atoms. The molecule has 0 saturated heterocycles. The van der Waals surface area contributed by atoms with Crippen LogP contribution < -0.4 is 0 Å². The Morgan fingerprint density at radius 3 is 1.88 bits per heavy atom. The first-order valence-corrected chi connectivity index (χ1v) is 9.45. The summed E-state index contributed by atoms with van der Waals surface area (Å²) in [5.41, 5.74) is 0. The molecular formula is C19H36F4O2. The van der Waals surface area contributed by atoms with E-state index in [9.17, 15) is 17.6 Å². The largest absolute Gasteiger partial charge is 0.390 e. The van der Waals surface area contributed by atoms with Crippen LogP contribution in [0.4, 0.5) is 17.6 Å². The number of ether oxygens (including phenoxy) is 1. The van der Waals surface area contributed by atoms with Crippen LogP contribution in [-0.2, 0) is 4.74 Å². The van der Waals surface area contributed by atoms with Gasteiger partial charge < -0.3 is 9.84 Å². The number of hydrogen-bond acceptors (Lipinski definition) is 2. The molecular weight excluding hydrogens is 336 g/mol. The number of unbranched alkanes of at least 4 members (excludes halogenated alkanes) is 1. The molecule has 0 aromatic heterocycles.